The number of fused-ring (bicyclic) bond motifs is 2. The van der Waals surface area contributed by atoms with E-state index in [9.17, 15) is 0 Å². The number of hydrogen-bond donors (Lipinski definition) is 2. The van der Waals surface area contributed by atoms with Crippen molar-refractivity contribution in [1.82, 2.24) is 19.9 Å². The summed E-state index contributed by atoms with van der Waals surface area (Å²) >= 11 is 0. The van der Waals surface area contributed by atoms with Crippen molar-refractivity contribution in [2.45, 2.75) is 12.5 Å². The van der Waals surface area contributed by atoms with Crippen molar-refractivity contribution < 1.29 is 0 Å². The Labute approximate surface area is 152 Å². The molecule has 1 fully saturated rings. The second kappa shape index (κ2) is 6.11. The molecule has 0 spiro atoms. The van der Waals surface area contributed by atoms with E-state index in [-0.39, 0.29) is 0 Å². The van der Waals surface area contributed by atoms with E-state index >= 15 is 0 Å². The lowest BCUT2D eigenvalue weighted by molar-refractivity contribution is 0.793. The first kappa shape index (κ1) is 15.3. The molecule has 5 rings (SSSR count). The molecule has 0 radical (unpaired) electrons. The van der Waals surface area contributed by atoms with E-state index in [0.717, 1.165) is 47.4 Å². The van der Waals surface area contributed by atoms with Gasteiger partial charge in [-0.2, -0.15) is 0 Å². The molecule has 26 heavy (non-hydrogen) atoms. The van der Waals surface area contributed by atoms with E-state index < -0.39 is 0 Å². The monoisotopic (exact) mass is 343 g/mol. The zero-order valence-corrected chi connectivity index (χ0v) is 14.7. The fourth-order valence-corrected chi connectivity index (χ4v) is 3.82. The van der Waals surface area contributed by atoms with Gasteiger partial charge in [-0.3, -0.25) is 9.97 Å². The minimum atomic E-state index is 0.465. The Balaban J connectivity index is 1.67. The maximum atomic E-state index is 4.61. The van der Waals surface area contributed by atoms with Gasteiger partial charge >= 0.3 is 0 Å². The van der Waals surface area contributed by atoms with Crippen LogP contribution in [0.15, 0.2) is 55.0 Å². The Bertz CT molecular complexity index is 1090. The third kappa shape index (κ3) is 2.61. The second-order valence-corrected chi connectivity index (χ2v) is 6.98. The van der Waals surface area contributed by atoms with Crippen molar-refractivity contribution in [2.24, 2.45) is 7.05 Å². The summed E-state index contributed by atoms with van der Waals surface area (Å²) in [6.07, 6.45) is 6.76. The number of nitrogens with zero attached hydrogens (tertiary/aromatic N) is 3. The average molecular weight is 343 g/mol. The number of anilines is 1. The van der Waals surface area contributed by atoms with Crippen molar-refractivity contribution in [3.8, 4) is 11.1 Å². The van der Waals surface area contributed by atoms with E-state index in [2.05, 4.69) is 74.8 Å². The highest BCUT2D eigenvalue weighted by atomic mass is 15.0. The molecule has 130 valence electrons. The van der Waals surface area contributed by atoms with Crippen LogP contribution in [0.2, 0.25) is 0 Å². The number of aromatic nitrogens is 3. The molecular formula is C21H21N5. The molecule has 5 nitrogen and oxygen atoms in total. The maximum absolute atomic E-state index is 4.61. The van der Waals surface area contributed by atoms with Gasteiger partial charge in [0.1, 0.15) is 0 Å². The summed E-state index contributed by atoms with van der Waals surface area (Å²) < 4.78 is 2.15. The van der Waals surface area contributed by atoms with E-state index in [1.807, 2.05) is 0 Å². The van der Waals surface area contributed by atoms with Gasteiger partial charge in [0.25, 0.3) is 0 Å². The third-order valence-corrected chi connectivity index (χ3v) is 5.20. The normalized spacial score (nSPS) is 17.2. The predicted molar refractivity (Wildman–Crippen MR) is 106 cm³/mol. The quantitative estimate of drug-likeness (QED) is 0.597. The number of hydrogen-bond acceptors (Lipinski definition) is 4. The summed E-state index contributed by atoms with van der Waals surface area (Å²) in [6, 6.07) is 13.5. The molecule has 0 bridgehead atoms. The first-order chi connectivity index (χ1) is 12.8. The van der Waals surface area contributed by atoms with Crippen molar-refractivity contribution in [2.75, 3.05) is 18.4 Å². The van der Waals surface area contributed by atoms with Gasteiger partial charge in [-0.15, -0.1) is 0 Å². The smallest absolute Gasteiger partial charge is 0.0966 e. The minimum absolute atomic E-state index is 0.465. The topological polar surface area (TPSA) is 54.8 Å². The zero-order valence-electron chi connectivity index (χ0n) is 14.7. The minimum Gasteiger partial charge on any atom is -0.381 e. The summed E-state index contributed by atoms with van der Waals surface area (Å²) in [4.78, 5) is 9.16. The van der Waals surface area contributed by atoms with Crippen LogP contribution in [-0.2, 0) is 7.05 Å². The summed E-state index contributed by atoms with van der Waals surface area (Å²) in [7, 11) is 2.08. The summed E-state index contributed by atoms with van der Waals surface area (Å²) in [6.45, 7) is 2.07. The van der Waals surface area contributed by atoms with Crippen LogP contribution < -0.4 is 10.6 Å². The SMILES string of the molecule is Cn1ccc2ccc(-c3cc(NC4CCNC4)cc4nccnc34)cc21. The van der Waals surface area contributed by atoms with E-state index in [4.69, 9.17) is 0 Å². The van der Waals surface area contributed by atoms with Gasteiger partial charge in [-0.05, 0) is 48.2 Å². The molecule has 0 amide bonds. The first-order valence-electron chi connectivity index (χ1n) is 9.05. The average Bonchev–Trinajstić information content (AvgIpc) is 3.31. The number of rotatable bonds is 3. The predicted octanol–water partition coefficient (Wildman–Crippen LogP) is 3.56. The Kier molecular flexibility index (Phi) is 3.60. The molecule has 2 aromatic heterocycles. The molecule has 2 N–H and O–H groups in total. The molecular weight excluding hydrogens is 322 g/mol. The van der Waals surface area contributed by atoms with Crippen LogP contribution in [0.3, 0.4) is 0 Å². The Morgan fingerprint density at radius 3 is 2.92 bits per heavy atom. The van der Waals surface area contributed by atoms with Gasteiger partial charge in [0.15, 0.2) is 0 Å². The van der Waals surface area contributed by atoms with Crippen LogP contribution in [-0.4, -0.2) is 33.7 Å². The van der Waals surface area contributed by atoms with Crippen molar-refractivity contribution in [3.63, 3.8) is 0 Å². The van der Waals surface area contributed by atoms with Gasteiger partial charge in [-0.1, -0.05) is 12.1 Å². The fourth-order valence-electron chi connectivity index (χ4n) is 3.82. The van der Waals surface area contributed by atoms with E-state index in [0.29, 0.717) is 6.04 Å². The highest BCUT2D eigenvalue weighted by Crippen LogP contribution is 2.32. The molecule has 1 atom stereocenters. The first-order valence-corrected chi connectivity index (χ1v) is 9.05. The lowest BCUT2D eigenvalue weighted by Gasteiger charge is -2.15. The molecule has 3 heterocycles. The molecule has 1 unspecified atom stereocenters. The summed E-state index contributed by atoms with van der Waals surface area (Å²) in [5.74, 6) is 0. The van der Waals surface area contributed by atoms with E-state index in [1.54, 1.807) is 12.4 Å². The molecule has 1 aliphatic rings. The molecule has 0 aliphatic carbocycles. The van der Waals surface area contributed by atoms with E-state index in [1.165, 1.54) is 10.9 Å². The largest absolute Gasteiger partial charge is 0.381 e. The number of benzene rings is 2. The number of aryl methyl sites for hydroxylation is 1. The lowest BCUT2D eigenvalue weighted by atomic mass is 10.0. The lowest BCUT2D eigenvalue weighted by Crippen LogP contribution is -2.22. The molecule has 4 aromatic rings. The zero-order chi connectivity index (χ0) is 17.5. The van der Waals surface area contributed by atoms with Crippen LogP contribution in [0.5, 0.6) is 0 Å². The van der Waals surface area contributed by atoms with Crippen LogP contribution >= 0.6 is 0 Å². The standard InChI is InChI=1S/C21H21N5/c1-26-9-5-14-2-3-15(10-20(14)26)18-11-17(25-16-4-6-22-13-16)12-19-21(18)24-8-7-23-19/h2-3,5,7-12,16,22,25H,4,6,13H2,1H3. The Hall–Kier alpha value is -2.92. The van der Waals surface area contributed by atoms with Crippen molar-refractivity contribution in [1.29, 1.82) is 0 Å². The summed E-state index contributed by atoms with van der Waals surface area (Å²) in [5.41, 5.74) is 6.47. The number of nitrogens with one attached hydrogen (secondary N) is 2. The Morgan fingerprint density at radius 1 is 1.12 bits per heavy atom. The third-order valence-electron chi connectivity index (χ3n) is 5.20. The van der Waals surface area contributed by atoms with Crippen molar-refractivity contribution in [3.05, 3.63) is 55.0 Å². The second-order valence-electron chi connectivity index (χ2n) is 6.98. The maximum Gasteiger partial charge on any atom is 0.0966 e. The molecule has 5 heteroatoms. The van der Waals surface area contributed by atoms with Gasteiger partial charge < -0.3 is 15.2 Å². The highest BCUT2D eigenvalue weighted by molar-refractivity contribution is 5.97. The highest BCUT2D eigenvalue weighted by Gasteiger charge is 2.16. The molecule has 2 aromatic carbocycles. The fraction of sp³-hybridized carbons (Fsp3) is 0.238. The van der Waals surface area contributed by atoms with Crippen LogP contribution in [0, 0.1) is 0 Å². The van der Waals surface area contributed by atoms with Gasteiger partial charge in [0, 0.05) is 55.0 Å². The summed E-state index contributed by atoms with van der Waals surface area (Å²) in [5, 5.41) is 8.31. The molecule has 0 saturated carbocycles. The van der Waals surface area contributed by atoms with Gasteiger partial charge in [-0.25, -0.2) is 0 Å². The van der Waals surface area contributed by atoms with Crippen LogP contribution in [0.25, 0.3) is 33.1 Å². The Morgan fingerprint density at radius 2 is 2.04 bits per heavy atom. The van der Waals surface area contributed by atoms with Crippen LogP contribution in [0.1, 0.15) is 6.42 Å². The van der Waals surface area contributed by atoms with Gasteiger partial charge in [0.05, 0.1) is 11.0 Å². The molecule has 1 saturated heterocycles. The molecule has 1 aliphatic heterocycles. The van der Waals surface area contributed by atoms with Gasteiger partial charge in [0.2, 0.25) is 0 Å². The van der Waals surface area contributed by atoms with Crippen molar-refractivity contribution >= 4 is 27.6 Å². The van der Waals surface area contributed by atoms with Crippen LogP contribution in [0.4, 0.5) is 5.69 Å².